The second kappa shape index (κ2) is 9.38. The molecule has 2 aliphatic heterocycles. The number of benzene rings is 2. The maximum atomic E-state index is 13.2. The smallest absolute Gasteiger partial charge is 0.408 e. The molecule has 0 unspecified atom stereocenters. The van der Waals surface area contributed by atoms with E-state index in [1.54, 1.807) is 44.2 Å². The Morgan fingerprint density at radius 3 is 2.32 bits per heavy atom. The van der Waals surface area contributed by atoms with E-state index in [1.807, 2.05) is 30.3 Å². The number of hydrogen-bond donors (Lipinski definition) is 3. The molecule has 0 bridgehead atoms. The maximum Gasteiger partial charge on any atom is 0.408 e. The third-order valence-electron chi connectivity index (χ3n) is 5.84. The number of alkyl carbamates (subject to hydrolysis) is 1. The molecule has 0 saturated carbocycles. The number of carboxylic acids is 1. The number of amides is 3. The van der Waals surface area contributed by atoms with Crippen molar-refractivity contribution < 1.29 is 29.0 Å². The van der Waals surface area contributed by atoms with E-state index in [2.05, 4.69) is 10.6 Å². The lowest BCUT2D eigenvalue weighted by molar-refractivity contribution is -0.161. The zero-order valence-electron chi connectivity index (χ0n) is 18.6. The minimum Gasteiger partial charge on any atom is -0.480 e. The molecule has 2 fully saturated rings. The largest absolute Gasteiger partial charge is 0.480 e. The van der Waals surface area contributed by atoms with E-state index in [-0.39, 0.29) is 6.61 Å². The highest BCUT2D eigenvalue weighted by atomic mass is 32.2. The van der Waals surface area contributed by atoms with Gasteiger partial charge in [-0.3, -0.25) is 9.59 Å². The molecule has 0 aliphatic carbocycles. The number of nitrogens with zero attached hydrogens (tertiary/aromatic N) is 1. The van der Waals surface area contributed by atoms with Gasteiger partial charge >= 0.3 is 12.1 Å². The number of nitrogens with one attached hydrogen (secondary N) is 2. The van der Waals surface area contributed by atoms with Crippen LogP contribution in [0.15, 0.2) is 60.7 Å². The molecule has 4 rings (SSSR count). The molecule has 3 amide bonds. The Morgan fingerprint density at radius 2 is 1.71 bits per heavy atom. The first-order valence-electron chi connectivity index (χ1n) is 10.7. The van der Waals surface area contributed by atoms with Gasteiger partial charge in [-0.1, -0.05) is 60.7 Å². The highest BCUT2D eigenvalue weighted by Gasteiger charge is 2.64. The first-order chi connectivity index (χ1) is 16.2. The van der Waals surface area contributed by atoms with Gasteiger partial charge in [0.25, 0.3) is 0 Å². The number of β-lactam (4-membered cyclic amide) rings is 1. The predicted octanol–water partition coefficient (Wildman–Crippen LogP) is 2.29. The summed E-state index contributed by atoms with van der Waals surface area (Å²) in [5.74, 6) is -2.12. The summed E-state index contributed by atoms with van der Waals surface area (Å²) < 4.78 is 4.55. The molecule has 4 atom stereocenters. The van der Waals surface area contributed by atoms with E-state index in [1.165, 1.54) is 16.7 Å². The monoisotopic (exact) mass is 483 g/mol. The Hall–Kier alpha value is -3.53. The summed E-state index contributed by atoms with van der Waals surface area (Å²) in [5, 5.41) is 14.4. The summed E-state index contributed by atoms with van der Waals surface area (Å²) in [7, 11) is 0. The molecule has 3 N–H and O–H groups in total. The van der Waals surface area contributed by atoms with Crippen LogP contribution in [0.3, 0.4) is 0 Å². The summed E-state index contributed by atoms with van der Waals surface area (Å²) in [4.78, 5) is 51.4. The van der Waals surface area contributed by atoms with Crippen LogP contribution >= 0.6 is 11.8 Å². The highest BCUT2D eigenvalue weighted by Crippen LogP contribution is 2.50. The fourth-order valence-electron chi connectivity index (χ4n) is 4.21. The second-order valence-electron chi connectivity index (χ2n) is 8.63. The van der Waals surface area contributed by atoms with Crippen LogP contribution < -0.4 is 10.6 Å². The van der Waals surface area contributed by atoms with Crippen LogP contribution in [-0.2, 0) is 25.7 Å². The quantitative estimate of drug-likeness (QED) is 0.516. The minimum absolute atomic E-state index is 0.0379. The van der Waals surface area contributed by atoms with Crippen LogP contribution in [0.4, 0.5) is 4.79 Å². The Morgan fingerprint density at radius 1 is 1.09 bits per heavy atom. The van der Waals surface area contributed by atoms with Crippen molar-refractivity contribution in [2.75, 3.05) is 0 Å². The van der Waals surface area contributed by atoms with Crippen molar-refractivity contribution in [3.05, 3.63) is 71.8 Å². The minimum atomic E-state index is -1.10. The molecule has 178 valence electrons. The fraction of sp³-hybridized carbons (Fsp3) is 0.333. The molecule has 0 radical (unpaired) electrons. The lowest BCUT2D eigenvalue weighted by atomic mass is 9.95. The average molecular weight is 484 g/mol. The molecule has 0 aromatic heterocycles. The Labute approximate surface area is 200 Å². The lowest BCUT2D eigenvalue weighted by Crippen LogP contribution is -2.71. The van der Waals surface area contributed by atoms with Gasteiger partial charge in [0.2, 0.25) is 11.8 Å². The van der Waals surface area contributed by atoms with Crippen LogP contribution in [0.2, 0.25) is 0 Å². The summed E-state index contributed by atoms with van der Waals surface area (Å²) >= 11 is 1.33. The van der Waals surface area contributed by atoms with E-state index in [0.29, 0.717) is 5.56 Å². The van der Waals surface area contributed by atoms with E-state index in [9.17, 15) is 24.3 Å². The summed E-state index contributed by atoms with van der Waals surface area (Å²) in [6, 6.07) is 14.8. The van der Waals surface area contributed by atoms with Gasteiger partial charge in [0, 0.05) is 4.75 Å². The summed E-state index contributed by atoms with van der Waals surface area (Å²) in [6.45, 7) is 3.56. The van der Waals surface area contributed by atoms with Crippen LogP contribution in [-0.4, -0.2) is 56.1 Å². The van der Waals surface area contributed by atoms with Crippen LogP contribution in [0.1, 0.15) is 31.0 Å². The maximum absolute atomic E-state index is 13.2. The molecule has 2 aromatic rings. The highest BCUT2D eigenvalue weighted by molar-refractivity contribution is 8.01. The topological polar surface area (TPSA) is 125 Å². The van der Waals surface area contributed by atoms with Gasteiger partial charge in [-0.15, -0.1) is 11.8 Å². The third-order valence-corrected chi connectivity index (χ3v) is 7.41. The molecule has 2 aliphatic rings. The molecule has 9 nitrogen and oxygen atoms in total. The van der Waals surface area contributed by atoms with Crippen molar-refractivity contribution in [3.8, 4) is 0 Å². The first-order valence-corrected chi connectivity index (χ1v) is 11.6. The molecule has 10 heteroatoms. The number of carbonyl (C=O) groups is 4. The van der Waals surface area contributed by atoms with Gasteiger partial charge in [-0.2, -0.15) is 0 Å². The molecule has 2 aromatic carbocycles. The molecule has 2 saturated heterocycles. The SMILES string of the molecule is CC1(C)S[C@@H]2[C@H](NC(=O)[C@H](NC(=O)OCc3ccccc3)c3ccccc3)C(=O)N2[C@H]1C(=O)O. The Kier molecular flexibility index (Phi) is 6.52. The van der Waals surface area contributed by atoms with Crippen molar-refractivity contribution in [3.63, 3.8) is 0 Å². The number of aliphatic carboxylic acids is 1. The normalized spacial score (nSPS) is 23.3. The van der Waals surface area contributed by atoms with Crippen molar-refractivity contribution >= 4 is 35.6 Å². The number of hydrogen-bond acceptors (Lipinski definition) is 6. The summed E-state index contributed by atoms with van der Waals surface area (Å²) in [6.07, 6.45) is -0.781. The van der Waals surface area contributed by atoms with Gasteiger partial charge in [0.05, 0.1) is 0 Å². The molecular weight excluding hydrogens is 458 g/mol. The van der Waals surface area contributed by atoms with Gasteiger partial charge in [-0.05, 0) is 25.0 Å². The Balaban J connectivity index is 1.45. The molecule has 34 heavy (non-hydrogen) atoms. The van der Waals surface area contributed by atoms with E-state index in [4.69, 9.17) is 4.74 Å². The number of carbonyl (C=O) groups excluding carboxylic acids is 3. The van der Waals surface area contributed by atoms with Crippen LogP contribution in [0, 0.1) is 0 Å². The van der Waals surface area contributed by atoms with Gasteiger partial charge < -0.3 is 25.4 Å². The zero-order valence-corrected chi connectivity index (χ0v) is 19.5. The third kappa shape index (κ3) is 4.58. The van der Waals surface area contributed by atoms with E-state index >= 15 is 0 Å². The van der Waals surface area contributed by atoms with Crippen molar-refractivity contribution in [1.82, 2.24) is 15.5 Å². The van der Waals surface area contributed by atoms with Crippen molar-refractivity contribution in [2.24, 2.45) is 0 Å². The number of carboxylic acid groups (broad SMARTS) is 1. The lowest BCUT2D eigenvalue weighted by Gasteiger charge is -2.43. The Bertz CT molecular complexity index is 1090. The van der Waals surface area contributed by atoms with Gasteiger partial charge in [0.1, 0.15) is 30.1 Å². The van der Waals surface area contributed by atoms with Gasteiger partial charge in [-0.25, -0.2) is 9.59 Å². The summed E-state index contributed by atoms with van der Waals surface area (Å²) in [5.41, 5.74) is 1.32. The number of fused-ring (bicyclic) bond motifs is 1. The van der Waals surface area contributed by atoms with Crippen molar-refractivity contribution in [1.29, 1.82) is 0 Å². The first kappa shape index (κ1) is 23.6. The van der Waals surface area contributed by atoms with Gasteiger partial charge in [0.15, 0.2) is 0 Å². The second-order valence-corrected chi connectivity index (χ2v) is 10.4. The zero-order chi connectivity index (χ0) is 24.5. The fourth-order valence-corrected chi connectivity index (χ4v) is 5.84. The molecule has 0 spiro atoms. The predicted molar refractivity (Wildman–Crippen MR) is 125 cm³/mol. The van der Waals surface area contributed by atoms with Crippen LogP contribution in [0.5, 0.6) is 0 Å². The average Bonchev–Trinajstić information content (AvgIpc) is 3.08. The number of thioether (sulfide) groups is 1. The van der Waals surface area contributed by atoms with Crippen LogP contribution in [0.25, 0.3) is 0 Å². The molecule has 2 heterocycles. The number of rotatable bonds is 7. The standard InChI is InChI=1S/C24H25N3O6S/c1-24(2)18(22(30)31)27-20(29)17(21(27)34-24)25-19(28)16(15-11-7-4-8-12-15)26-23(32)33-13-14-9-5-3-6-10-14/h3-12,16-18,21H,13H2,1-2H3,(H,25,28)(H,26,32)(H,30,31)/t16-,17-,18+,21-/m1/s1. The molecular formula is C24H25N3O6S. The van der Waals surface area contributed by atoms with E-state index < -0.39 is 52.1 Å². The van der Waals surface area contributed by atoms with E-state index in [0.717, 1.165) is 5.56 Å². The van der Waals surface area contributed by atoms with Crippen molar-refractivity contribution in [2.45, 2.75) is 48.7 Å². The number of ether oxygens (including phenoxy) is 1.